The summed E-state index contributed by atoms with van der Waals surface area (Å²) in [4.78, 5) is 2.49. The number of rotatable bonds is 9. The molecule has 1 unspecified atom stereocenters. The van der Waals surface area contributed by atoms with Gasteiger partial charge in [0.1, 0.15) is 17.2 Å². The summed E-state index contributed by atoms with van der Waals surface area (Å²) in [7, 11) is 3.40. The summed E-state index contributed by atoms with van der Waals surface area (Å²) < 4.78 is 17.7. The third kappa shape index (κ3) is 4.50. The topological polar surface area (TPSA) is 30.9 Å². The van der Waals surface area contributed by atoms with Gasteiger partial charge in [-0.1, -0.05) is 49.7 Å². The Bertz CT molecular complexity index is 734. The van der Waals surface area contributed by atoms with E-state index in [1.807, 2.05) is 12.1 Å². The van der Waals surface area contributed by atoms with Crippen molar-refractivity contribution >= 4 is 0 Å². The number of likely N-dealkylation sites (tertiary alicyclic amines) is 1. The van der Waals surface area contributed by atoms with Gasteiger partial charge in [-0.2, -0.15) is 0 Å². The van der Waals surface area contributed by atoms with Crippen LogP contribution in [-0.2, 0) is 17.0 Å². The van der Waals surface area contributed by atoms with Crippen LogP contribution >= 0.6 is 0 Å². The zero-order valence-electron chi connectivity index (χ0n) is 17.4. The molecular weight excluding hydrogens is 350 g/mol. The van der Waals surface area contributed by atoms with Crippen LogP contribution < -0.4 is 9.47 Å². The second-order valence-electron chi connectivity index (χ2n) is 7.41. The Morgan fingerprint density at radius 1 is 1.00 bits per heavy atom. The van der Waals surface area contributed by atoms with Crippen molar-refractivity contribution in [3.63, 3.8) is 0 Å². The first-order valence-corrected chi connectivity index (χ1v) is 10.4. The fourth-order valence-corrected chi connectivity index (χ4v) is 4.06. The van der Waals surface area contributed by atoms with E-state index >= 15 is 0 Å². The largest absolute Gasteiger partial charge is 0.497 e. The zero-order chi connectivity index (χ0) is 19.8. The molecule has 2 aromatic rings. The molecule has 152 valence electrons. The van der Waals surface area contributed by atoms with Crippen molar-refractivity contribution in [3.8, 4) is 11.5 Å². The van der Waals surface area contributed by atoms with Crippen molar-refractivity contribution in [2.45, 2.75) is 51.3 Å². The minimum absolute atomic E-state index is 0.375. The lowest BCUT2D eigenvalue weighted by Crippen LogP contribution is -2.51. The van der Waals surface area contributed by atoms with Gasteiger partial charge in [0.2, 0.25) is 0 Å². The smallest absolute Gasteiger partial charge is 0.148 e. The van der Waals surface area contributed by atoms with Crippen molar-refractivity contribution in [2.75, 3.05) is 27.4 Å². The highest BCUT2D eigenvalue weighted by molar-refractivity contribution is 5.41. The van der Waals surface area contributed by atoms with Gasteiger partial charge in [-0.25, -0.2) is 0 Å². The first kappa shape index (κ1) is 20.7. The van der Waals surface area contributed by atoms with Crippen molar-refractivity contribution in [2.24, 2.45) is 0 Å². The van der Waals surface area contributed by atoms with Crippen LogP contribution in [0.2, 0.25) is 0 Å². The van der Waals surface area contributed by atoms with E-state index in [2.05, 4.69) is 48.2 Å². The Kier molecular flexibility index (Phi) is 7.35. The van der Waals surface area contributed by atoms with E-state index in [-0.39, 0.29) is 5.72 Å². The second-order valence-corrected chi connectivity index (χ2v) is 7.41. The average Bonchev–Trinajstić information content (AvgIpc) is 2.76. The molecule has 4 heteroatoms. The molecule has 2 aromatic carbocycles. The fourth-order valence-electron chi connectivity index (χ4n) is 4.06. The summed E-state index contributed by atoms with van der Waals surface area (Å²) >= 11 is 0. The molecular formula is C24H33NO3. The lowest BCUT2D eigenvalue weighted by atomic mass is 9.90. The first-order chi connectivity index (χ1) is 13.7. The number of nitrogens with zero attached hydrogens (tertiary/aromatic N) is 1. The number of unbranched alkanes of at least 4 members (excludes halogenated alkanes) is 1. The van der Waals surface area contributed by atoms with Crippen LogP contribution in [0.3, 0.4) is 0 Å². The van der Waals surface area contributed by atoms with E-state index in [1.165, 1.54) is 18.4 Å². The number of ether oxygens (including phenoxy) is 3. The van der Waals surface area contributed by atoms with Crippen LogP contribution in [0.5, 0.6) is 11.5 Å². The third-order valence-electron chi connectivity index (χ3n) is 5.62. The third-order valence-corrected chi connectivity index (χ3v) is 5.62. The molecule has 0 N–H and O–H groups in total. The predicted molar refractivity (Wildman–Crippen MR) is 113 cm³/mol. The molecule has 0 amide bonds. The molecule has 1 heterocycles. The molecule has 3 rings (SSSR count). The summed E-state index contributed by atoms with van der Waals surface area (Å²) in [6.07, 6.45) is 5.59. The Morgan fingerprint density at radius 2 is 1.82 bits per heavy atom. The zero-order valence-corrected chi connectivity index (χ0v) is 17.4. The maximum Gasteiger partial charge on any atom is 0.148 e. The number of hydrogen-bond acceptors (Lipinski definition) is 4. The molecule has 1 saturated heterocycles. The summed E-state index contributed by atoms with van der Waals surface area (Å²) in [6.45, 7) is 4.78. The lowest BCUT2D eigenvalue weighted by molar-refractivity contribution is -0.189. The summed E-state index contributed by atoms with van der Waals surface area (Å²) in [5.74, 6) is 1.67. The highest BCUT2D eigenvalue weighted by Crippen LogP contribution is 2.41. The van der Waals surface area contributed by atoms with Crippen molar-refractivity contribution in [1.82, 2.24) is 4.90 Å². The normalized spacial score (nSPS) is 20.1. The first-order valence-electron chi connectivity index (χ1n) is 10.4. The number of methoxy groups -OCH3 is 2. The van der Waals surface area contributed by atoms with Crippen LogP contribution in [0.1, 0.15) is 50.2 Å². The molecule has 0 saturated carbocycles. The van der Waals surface area contributed by atoms with Crippen molar-refractivity contribution in [1.29, 1.82) is 0 Å². The minimum Gasteiger partial charge on any atom is -0.497 e. The predicted octanol–water partition coefficient (Wildman–Crippen LogP) is 5.36. The monoisotopic (exact) mass is 383 g/mol. The second kappa shape index (κ2) is 9.94. The van der Waals surface area contributed by atoms with Crippen LogP contribution in [0.25, 0.3) is 0 Å². The molecule has 0 aromatic heterocycles. The number of piperidine rings is 1. The van der Waals surface area contributed by atoms with Gasteiger partial charge in [0.05, 0.1) is 14.2 Å². The molecule has 0 bridgehead atoms. The highest BCUT2D eigenvalue weighted by Gasteiger charge is 2.41. The van der Waals surface area contributed by atoms with Gasteiger partial charge in [-0.05, 0) is 37.3 Å². The molecule has 4 nitrogen and oxygen atoms in total. The Hall–Kier alpha value is -2.04. The van der Waals surface area contributed by atoms with E-state index < -0.39 is 0 Å². The van der Waals surface area contributed by atoms with Crippen LogP contribution in [-0.4, -0.2) is 32.3 Å². The van der Waals surface area contributed by atoms with E-state index in [1.54, 1.807) is 14.2 Å². The van der Waals surface area contributed by atoms with Crippen LogP contribution in [0.4, 0.5) is 0 Å². The van der Waals surface area contributed by atoms with Gasteiger partial charge >= 0.3 is 0 Å². The van der Waals surface area contributed by atoms with E-state index in [0.29, 0.717) is 0 Å². The lowest BCUT2D eigenvalue weighted by Gasteiger charge is -2.47. The van der Waals surface area contributed by atoms with Gasteiger partial charge < -0.3 is 14.2 Å². The molecule has 0 radical (unpaired) electrons. The summed E-state index contributed by atoms with van der Waals surface area (Å²) in [5.41, 5.74) is 2.03. The van der Waals surface area contributed by atoms with Gasteiger partial charge in [0, 0.05) is 31.3 Å². The Morgan fingerprint density at radius 3 is 2.54 bits per heavy atom. The maximum absolute atomic E-state index is 6.66. The van der Waals surface area contributed by atoms with Crippen LogP contribution in [0.15, 0.2) is 48.5 Å². The van der Waals surface area contributed by atoms with Gasteiger partial charge in [-0.15, -0.1) is 0 Å². The van der Waals surface area contributed by atoms with E-state index in [4.69, 9.17) is 14.2 Å². The molecule has 1 aliphatic heterocycles. The molecule has 0 spiro atoms. The molecule has 1 aliphatic rings. The van der Waals surface area contributed by atoms with Crippen molar-refractivity contribution < 1.29 is 14.2 Å². The van der Waals surface area contributed by atoms with E-state index in [0.717, 1.165) is 56.0 Å². The Labute approximate surface area is 169 Å². The quantitative estimate of drug-likeness (QED) is 0.546. The standard InChI is InChI=1S/C24H33NO3/c1-4-5-17-28-24(21-11-7-6-8-12-21)15-9-10-16-25(24)19-20-13-14-22(26-2)18-23(20)27-3/h6-8,11-14,18H,4-5,9-10,15-17,19H2,1-3H3. The highest BCUT2D eigenvalue weighted by atomic mass is 16.5. The minimum atomic E-state index is -0.375. The molecule has 1 atom stereocenters. The van der Waals surface area contributed by atoms with Gasteiger partial charge in [-0.3, -0.25) is 4.90 Å². The summed E-state index contributed by atoms with van der Waals surface area (Å²) in [6, 6.07) is 16.8. The number of hydrogen-bond donors (Lipinski definition) is 0. The van der Waals surface area contributed by atoms with Gasteiger partial charge in [0.15, 0.2) is 0 Å². The van der Waals surface area contributed by atoms with Crippen molar-refractivity contribution in [3.05, 3.63) is 59.7 Å². The fraction of sp³-hybridized carbons (Fsp3) is 0.500. The summed E-state index contributed by atoms with van der Waals surface area (Å²) in [5, 5.41) is 0. The average molecular weight is 384 g/mol. The van der Waals surface area contributed by atoms with Gasteiger partial charge in [0.25, 0.3) is 0 Å². The van der Waals surface area contributed by atoms with E-state index in [9.17, 15) is 0 Å². The van der Waals surface area contributed by atoms with Crippen LogP contribution in [0, 0.1) is 0 Å². The Balaban J connectivity index is 1.94. The number of benzene rings is 2. The molecule has 0 aliphatic carbocycles. The molecule has 1 fully saturated rings. The maximum atomic E-state index is 6.66. The molecule has 28 heavy (non-hydrogen) atoms. The SMILES string of the molecule is CCCCOC1(c2ccccc2)CCCCN1Cc1ccc(OC)cc1OC.